The first-order valence-electron chi connectivity index (χ1n) is 10.3. The molecule has 1 amide bonds. The van der Waals surface area contributed by atoms with Crippen molar-refractivity contribution in [2.45, 2.75) is 12.7 Å². The number of nitro groups is 1. The number of aromatic nitrogens is 2. The Hall–Kier alpha value is -3.60. The SMILES string of the molecule is O=C(c1cnn(Cc2ccccc2Cl)c1)N1CCN(c2ccc(C(F)(F)F)cc2[N+](=O)[O-])CC1. The van der Waals surface area contributed by atoms with Crippen molar-refractivity contribution < 1.29 is 22.9 Å². The number of alkyl halides is 3. The van der Waals surface area contributed by atoms with E-state index in [1.165, 1.54) is 6.20 Å². The summed E-state index contributed by atoms with van der Waals surface area (Å²) in [5.41, 5.74) is -0.349. The maximum atomic E-state index is 13.0. The number of nitro benzene ring substituents is 1. The highest BCUT2D eigenvalue weighted by Gasteiger charge is 2.34. The largest absolute Gasteiger partial charge is 0.416 e. The first-order chi connectivity index (χ1) is 16.1. The third-order valence-electron chi connectivity index (χ3n) is 5.58. The van der Waals surface area contributed by atoms with Crippen LogP contribution < -0.4 is 4.90 Å². The highest BCUT2D eigenvalue weighted by molar-refractivity contribution is 6.31. The van der Waals surface area contributed by atoms with Crippen molar-refractivity contribution in [1.29, 1.82) is 0 Å². The van der Waals surface area contributed by atoms with Crippen LogP contribution in [-0.4, -0.2) is 51.7 Å². The van der Waals surface area contributed by atoms with Crippen molar-refractivity contribution in [2.75, 3.05) is 31.1 Å². The van der Waals surface area contributed by atoms with Crippen LogP contribution >= 0.6 is 11.6 Å². The molecule has 12 heteroatoms. The lowest BCUT2D eigenvalue weighted by molar-refractivity contribution is -0.384. The van der Waals surface area contributed by atoms with E-state index in [0.29, 0.717) is 23.2 Å². The van der Waals surface area contributed by atoms with Crippen molar-refractivity contribution in [3.05, 3.63) is 86.7 Å². The zero-order valence-electron chi connectivity index (χ0n) is 17.7. The Labute approximate surface area is 197 Å². The first kappa shape index (κ1) is 23.6. The predicted octanol–water partition coefficient (Wildman–Crippen LogP) is 4.47. The molecular formula is C22H19ClF3N5O3. The summed E-state index contributed by atoms with van der Waals surface area (Å²) in [5, 5.41) is 16.2. The summed E-state index contributed by atoms with van der Waals surface area (Å²) in [7, 11) is 0. The van der Waals surface area contributed by atoms with Crippen molar-refractivity contribution in [2.24, 2.45) is 0 Å². The van der Waals surface area contributed by atoms with E-state index in [2.05, 4.69) is 5.10 Å². The third-order valence-corrected chi connectivity index (χ3v) is 5.95. The molecule has 178 valence electrons. The molecule has 0 aliphatic carbocycles. The summed E-state index contributed by atoms with van der Waals surface area (Å²) >= 11 is 6.17. The quantitative estimate of drug-likeness (QED) is 0.386. The molecule has 1 aliphatic heterocycles. The molecule has 1 fully saturated rings. The highest BCUT2D eigenvalue weighted by Crippen LogP contribution is 2.36. The van der Waals surface area contributed by atoms with Gasteiger partial charge in [-0.25, -0.2) is 0 Å². The number of hydrogen-bond acceptors (Lipinski definition) is 5. The number of amides is 1. The molecule has 0 radical (unpaired) electrons. The van der Waals surface area contributed by atoms with E-state index in [1.54, 1.807) is 26.7 Å². The van der Waals surface area contributed by atoms with Crippen LogP contribution in [0.25, 0.3) is 0 Å². The smallest absolute Gasteiger partial charge is 0.362 e. The average Bonchev–Trinajstić information content (AvgIpc) is 3.28. The van der Waals surface area contributed by atoms with Crippen LogP contribution in [0.15, 0.2) is 54.9 Å². The standard InChI is InChI=1S/C22H19ClF3N5O3/c23-18-4-2-1-3-15(18)13-30-14-16(12-27-30)21(32)29-9-7-28(8-10-29)19-6-5-17(22(24,25)26)11-20(19)31(33)34/h1-6,11-12,14H,7-10,13H2. The Morgan fingerprint density at radius 2 is 1.82 bits per heavy atom. The van der Waals surface area contributed by atoms with Gasteiger partial charge in [-0.2, -0.15) is 18.3 Å². The maximum absolute atomic E-state index is 13.0. The number of carbonyl (C=O) groups is 1. The Morgan fingerprint density at radius 1 is 1.12 bits per heavy atom. The molecule has 2 aromatic carbocycles. The summed E-state index contributed by atoms with van der Waals surface area (Å²) in [5.74, 6) is -0.244. The Morgan fingerprint density at radius 3 is 2.47 bits per heavy atom. The second-order valence-electron chi connectivity index (χ2n) is 7.76. The minimum atomic E-state index is -4.68. The van der Waals surface area contributed by atoms with Crippen LogP contribution in [0.5, 0.6) is 0 Å². The summed E-state index contributed by atoms with van der Waals surface area (Å²) < 4.78 is 40.5. The number of hydrogen-bond donors (Lipinski definition) is 0. The summed E-state index contributed by atoms with van der Waals surface area (Å²) in [6.07, 6.45) is -1.59. The number of nitrogens with zero attached hydrogens (tertiary/aromatic N) is 5. The van der Waals surface area contributed by atoms with Crippen molar-refractivity contribution in [3.63, 3.8) is 0 Å². The van der Waals surface area contributed by atoms with Gasteiger partial charge in [0.05, 0.1) is 28.8 Å². The summed E-state index contributed by atoms with van der Waals surface area (Å²) in [6.45, 7) is 1.40. The molecule has 0 bridgehead atoms. The molecule has 2 heterocycles. The monoisotopic (exact) mass is 493 g/mol. The molecule has 0 saturated carbocycles. The van der Waals surface area contributed by atoms with Crippen LogP contribution in [-0.2, 0) is 12.7 Å². The van der Waals surface area contributed by atoms with Gasteiger partial charge in [0.2, 0.25) is 0 Å². The molecular weight excluding hydrogens is 475 g/mol. The van der Waals surface area contributed by atoms with Crippen LogP contribution in [0.2, 0.25) is 5.02 Å². The fraction of sp³-hybridized carbons (Fsp3) is 0.273. The molecule has 1 saturated heterocycles. The molecule has 8 nitrogen and oxygen atoms in total. The third kappa shape index (κ3) is 4.98. The van der Waals surface area contributed by atoms with E-state index in [1.807, 2.05) is 18.2 Å². The lowest BCUT2D eigenvalue weighted by Crippen LogP contribution is -2.48. The van der Waals surface area contributed by atoms with Crippen molar-refractivity contribution >= 4 is 28.9 Å². The zero-order valence-corrected chi connectivity index (χ0v) is 18.5. The average molecular weight is 494 g/mol. The zero-order chi connectivity index (χ0) is 24.5. The summed E-state index contributed by atoms with van der Waals surface area (Å²) in [6, 6.07) is 9.79. The second-order valence-corrected chi connectivity index (χ2v) is 8.16. The van der Waals surface area contributed by atoms with Gasteiger partial charge >= 0.3 is 6.18 Å². The van der Waals surface area contributed by atoms with Gasteiger partial charge in [0.25, 0.3) is 11.6 Å². The van der Waals surface area contributed by atoms with Gasteiger partial charge in [-0.3, -0.25) is 19.6 Å². The van der Waals surface area contributed by atoms with Gasteiger partial charge in [-0.15, -0.1) is 0 Å². The Balaban J connectivity index is 1.42. The van der Waals surface area contributed by atoms with Gasteiger partial charge in [-0.1, -0.05) is 29.8 Å². The van der Waals surface area contributed by atoms with E-state index in [0.717, 1.165) is 17.7 Å². The van der Waals surface area contributed by atoms with Gasteiger partial charge in [0.15, 0.2) is 0 Å². The molecule has 0 spiro atoms. The number of anilines is 1. The van der Waals surface area contributed by atoms with Crippen LogP contribution in [0, 0.1) is 10.1 Å². The molecule has 0 unspecified atom stereocenters. The minimum Gasteiger partial charge on any atom is -0.362 e. The number of benzene rings is 2. The lowest BCUT2D eigenvalue weighted by atomic mass is 10.1. The molecule has 3 aromatic rings. The predicted molar refractivity (Wildman–Crippen MR) is 119 cm³/mol. The molecule has 34 heavy (non-hydrogen) atoms. The lowest BCUT2D eigenvalue weighted by Gasteiger charge is -2.35. The molecule has 1 aliphatic rings. The summed E-state index contributed by atoms with van der Waals surface area (Å²) in [4.78, 5) is 26.7. The molecule has 1 aromatic heterocycles. The van der Waals surface area contributed by atoms with E-state index >= 15 is 0 Å². The van der Waals surface area contributed by atoms with Gasteiger partial charge < -0.3 is 9.80 Å². The highest BCUT2D eigenvalue weighted by atomic mass is 35.5. The Kier molecular flexibility index (Phi) is 6.47. The van der Waals surface area contributed by atoms with Gasteiger partial charge in [0.1, 0.15) is 5.69 Å². The minimum absolute atomic E-state index is 0.0951. The molecule has 0 atom stereocenters. The van der Waals surface area contributed by atoms with Crippen LogP contribution in [0.4, 0.5) is 24.5 Å². The number of halogens is 4. The van der Waals surface area contributed by atoms with Crippen LogP contribution in [0.3, 0.4) is 0 Å². The van der Waals surface area contributed by atoms with Crippen LogP contribution in [0.1, 0.15) is 21.5 Å². The van der Waals surface area contributed by atoms with Crippen molar-refractivity contribution in [1.82, 2.24) is 14.7 Å². The fourth-order valence-corrected chi connectivity index (χ4v) is 4.00. The van der Waals surface area contributed by atoms with Gasteiger partial charge in [-0.05, 0) is 23.8 Å². The van der Waals surface area contributed by atoms with Crippen molar-refractivity contribution in [3.8, 4) is 0 Å². The van der Waals surface area contributed by atoms with E-state index in [-0.39, 0.29) is 37.8 Å². The molecule has 4 rings (SSSR count). The van der Waals surface area contributed by atoms with E-state index in [9.17, 15) is 28.1 Å². The fourth-order valence-electron chi connectivity index (χ4n) is 3.81. The first-order valence-corrected chi connectivity index (χ1v) is 10.7. The number of piperazine rings is 1. The normalized spacial score (nSPS) is 14.4. The Bertz CT molecular complexity index is 1220. The number of carbonyl (C=O) groups excluding carboxylic acids is 1. The second kappa shape index (κ2) is 9.34. The topological polar surface area (TPSA) is 84.5 Å². The molecule has 0 N–H and O–H groups in total. The number of rotatable bonds is 5. The van der Waals surface area contributed by atoms with E-state index < -0.39 is 22.4 Å². The van der Waals surface area contributed by atoms with Gasteiger partial charge in [0, 0.05) is 43.5 Å². The maximum Gasteiger partial charge on any atom is 0.416 e. The van der Waals surface area contributed by atoms with E-state index in [4.69, 9.17) is 11.6 Å².